The molecule has 56 valence electrons. The summed E-state index contributed by atoms with van der Waals surface area (Å²) in [5.74, 6) is 0. The topological polar surface area (TPSA) is 12.4 Å². The summed E-state index contributed by atoms with van der Waals surface area (Å²) in [6, 6.07) is 2.75. The molecule has 1 rings (SSSR count). The fourth-order valence-electron chi connectivity index (χ4n) is 0.739. The minimum Gasteiger partial charge on any atom is -0.288 e. The van der Waals surface area contributed by atoms with Gasteiger partial charge in [0.05, 0.1) is 11.2 Å². The predicted octanol–water partition coefficient (Wildman–Crippen LogP) is 2.29. The van der Waals surface area contributed by atoms with Gasteiger partial charge in [-0.05, 0) is 11.6 Å². The van der Waals surface area contributed by atoms with E-state index in [2.05, 4.69) is 11.6 Å². The molecule has 11 heavy (non-hydrogen) atoms. The molecule has 0 saturated carbocycles. The van der Waals surface area contributed by atoms with Crippen LogP contribution in [0.15, 0.2) is 47.9 Å². The summed E-state index contributed by atoms with van der Waals surface area (Å²) in [5, 5.41) is 0. The van der Waals surface area contributed by atoms with E-state index in [0.717, 1.165) is 0 Å². The van der Waals surface area contributed by atoms with Gasteiger partial charge >= 0.3 is 0 Å². The van der Waals surface area contributed by atoms with E-state index >= 15 is 0 Å². The van der Waals surface area contributed by atoms with Gasteiger partial charge in [-0.2, -0.15) is 0 Å². The quantitative estimate of drug-likeness (QED) is 0.572. The van der Waals surface area contributed by atoms with Crippen LogP contribution in [0.2, 0.25) is 0 Å². The van der Waals surface area contributed by atoms with Crippen LogP contribution in [-0.2, 0) is 0 Å². The number of rotatable bonds is 2. The normalized spacial score (nSPS) is 16.3. The number of hydrogen-bond donors (Lipinski definition) is 0. The Labute approximate surface area is 72.7 Å². The summed E-state index contributed by atoms with van der Waals surface area (Å²) in [7, 11) is 1.49. The van der Waals surface area contributed by atoms with Crippen molar-refractivity contribution in [2.45, 2.75) is 0 Å². The van der Waals surface area contributed by atoms with E-state index in [-0.39, 0.29) is 29.9 Å². The minimum absolute atomic E-state index is 0.0176. The van der Waals surface area contributed by atoms with Gasteiger partial charge < -0.3 is 0 Å². The highest BCUT2D eigenvalue weighted by atomic mass is 14.7. The van der Waals surface area contributed by atoms with Gasteiger partial charge in [0.2, 0.25) is 0 Å². The van der Waals surface area contributed by atoms with Crippen molar-refractivity contribution < 1.29 is 5.48 Å². The first-order valence-electron chi connectivity index (χ1n) is 5.18. The van der Waals surface area contributed by atoms with Crippen molar-refractivity contribution in [1.82, 2.24) is 0 Å². The zero-order valence-corrected chi connectivity index (χ0v) is 6.31. The molecule has 0 radical (unpaired) electrons. The van der Waals surface area contributed by atoms with Gasteiger partial charge in [-0.3, -0.25) is 4.99 Å². The number of aliphatic imine (C=N–C) groups is 1. The van der Waals surface area contributed by atoms with Gasteiger partial charge in [0.1, 0.15) is 0 Å². The number of hydrogen-bond acceptors (Lipinski definition) is 1. The van der Waals surface area contributed by atoms with Crippen molar-refractivity contribution in [1.29, 1.82) is 0 Å². The third kappa shape index (κ3) is 1.77. The second kappa shape index (κ2) is 3.71. The lowest BCUT2D eigenvalue weighted by molar-refractivity contribution is 1.43. The molecule has 0 aliphatic heterocycles. The number of nitrogens with zero attached hydrogens (tertiary/aromatic N) is 1. The first kappa shape index (κ1) is 3.86. The zero-order valence-electron chi connectivity index (χ0n) is 10.3. The Hall–Kier alpha value is -1.37. The molecule has 1 aromatic carbocycles. The summed E-state index contributed by atoms with van der Waals surface area (Å²) in [5.41, 5.74) is 0.567. The average Bonchev–Trinajstić information content (AvgIpc) is 2.13. The third-order valence-corrected chi connectivity index (χ3v) is 1.24. The molecule has 0 spiro atoms. The van der Waals surface area contributed by atoms with Crippen molar-refractivity contribution >= 4 is 5.71 Å². The predicted molar refractivity (Wildman–Crippen MR) is 49.1 cm³/mol. The van der Waals surface area contributed by atoms with Crippen LogP contribution in [0.4, 0.5) is 0 Å². The molecule has 0 saturated heterocycles. The Morgan fingerprint density at radius 3 is 3.27 bits per heavy atom. The molecule has 0 unspecified atom stereocenters. The molecule has 0 N–H and O–H groups in total. The smallest absolute Gasteiger partial charge is 0.0639 e. The summed E-state index contributed by atoms with van der Waals surface area (Å²) >= 11 is 0. The molecule has 0 amide bonds. The van der Waals surface area contributed by atoms with Crippen LogP contribution < -0.4 is 0 Å². The molecule has 0 bridgehead atoms. The largest absolute Gasteiger partial charge is 0.288 e. The summed E-state index contributed by atoms with van der Waals surface area (Å²) in [6.07, 6.45) is 0. The van der Waals surface area contributed by atoms with Crippen LogP contribution in [0, 0.1) is 0 Å². The number of benzene rings is 1. The van der Waals surface area contributed by atoms with E-state index in [1.807, 2.05) is 0 Å². The molecular weight excluding hydrogens is 134 g/mol. The molecule has 1 heteroatoms. The lowest BCUT2D eigenvalue weighted by Gasteiger charge is -1.97. The SMILES string of the molecule is [2H]C(=C)C(=NC)c1cc([2H])cc([2H])c1[2H]. The molecule has 0 heterocycles. The molecule has 0 fully saturated rings. The van der Waals surface area contributed by atoms with Gasteiger partial charge in [0.15, 0.2) is 0 Å². The Morgan fingerprint density at radius 2 is 2.64 bits per heavy atom. The lowest BCUT2D eigenvalue weighted by Crippen LogP contribution is -1.94. The summed E-state index contributed by atoms with van der Waals surface area (Å²) < 4.78 is 29.9. The minimum atomic E-state index is -0.0418. The maximum Gasteiger partial charge on any atom is 0.0639 e. The highest BCUT2D eigenvalue weighted by Crippen LogP contribution is 2.00. The van der Waals surface area contributed by atoms with Gasteiger partial charge in [0, 0.05) is 7.05 Å². The van der Waals surface area contributed by atoms with E-state index in [9.17, 15) is 0 Å². The van der Waals surface area contributed by atoms with Crippen molar-refractivity contribution in [2.24, 2.45) is 4.99 Å². The first-order chi connectivity index (χ1) is 6.97. The van der Waals surface area contributed by atoms with Crippen molar-refractivity contribution in [3.8, 4) is 0 Å². The van der Waals surface area contributed by atoms with Crippen LogP contribution in [0.1, 0.15) is 11.0 Å². The fourth-order valence-corrected chi connectivity index (χ4v) is 0.739. The van der Waals surface area contributed by atoms with E-state index in [0.29, 0.717) is 5.56 Å². The van der Waals surface area contributed by atoms with Crippen molar-refractivity contribution in [3.05, 3.63) is 48.5 Å². The Balaban J connectivity index is 3.43. The molecular formula is C10H11N. The second-order valence-corrected chi connectivity index (χ2v) is 1.89. The summed E-state index contributed by atoms with van der Waals surface area (Å²) in [4.78, 5) is 3.84. The molecule has 1 aromatic rings. The van der Waals surface area contributed by atoms with E-state index in [1.165, 1.54) is 19.2 Å². The van der Waals surface area contributed by atoms with Gasteiger partial charge in [-0.1, -0.05) is 36.8 Å². The zero-order chi connectivity index (χ0) is 11.6. The van der Waals surface area contributed by atoms with Crippen LogP contribution in [0.25, 0.3) is 0 Å². The molecule has 0 aromatic heterocycles. The fraction of sp³-hybridized carbons (Fsp3) is 0.100. The number of allylic oxidation sites excluding steroid dienone is 1. The van der Waals surface area contributed by atoms with Gasteiger partial charge in [-0.25, -0.2) is 0 Å². The maximum absolute atomic E-state index is 7.64. The van der Waals surface area contributed by atoms with Crippen LogP contribution in [0.5, 0.6) is 0 Å². The second-order valence-electron chi connectivity index (χ2n) is 1.89. The molecule has 0 aliphatic rings. The van der Waals surface area contributed by atoms with Crippen LogP contribution in [-0.4, -0.2) is 12.8 Å². The van der Waals surface area contributed by atoms with Crippen molar-refractivity contribution in [3.63, 3.8) is 0 Å². The highest BCUT2D eigenvalue weighted by Gasteiger charge is 1.93. The Kier molecular flexibility index (Phi) is 1.30. The highest BCUT2D eigenvalue weighted by molar-refractivity contribution is 6.08. The summed E-state index contributed by atoms with van der Waals surface area (Å²) in [6.45, 7) is 3.43. The maximum atomic E-state index is 7.64. The van der Waals surface area contributed by atoms with Gasteiger partial charge in [0.25, 0.3) is 0 Å². The molecule has 1 nitrogen and oxygen atoms in total. The Bertz CT molecular complexity index is 437. The van der Waals surface area contributed by atoms with E-state index < -0.39 is 0 Å². The molecule has 0 aliphatic carbocycles. The van der Waals surface area contributed by atoms with E-state index in [4.69, 9.17) is 5.48 Å². The lowest BCUT2D eigenvalue weighted by atomic mass is 10.1. The van der Waals surface area contributed by atoms with Crippen LogP contribution in [0.3, 0.4) is 0 Å². The van der Waals surface area contributed by atoms with Gasteiger partial charge in [-0.15, -0.1) is 0 Å². The van der Waals surface area contributed by atoms with Crippen LogP contribution >= 0.6 is 0 Å². The standard InChI is InChI=1S/C10H11N/c1-3-10(11-2)9-7-5-4-6-8-9/h3-8H,1H2,2H3/i3D,5D,6D,7D. The van der Waals surface area contributed by atoms with Crippen molar-refractivity contribution in [2.75, 3.05) is 7.05 Å². The third-order valence-electron chi connectivity index (χ3n) is 1.24. The molecule has 0 atom stereocenters. The van der Waals surface area contributed by atoms with E-state index in [1.54, 1.807) is 0 Å². The Morgan fingerprint density at radius 1 is 1.82 bits per heavy atom. The first-order valence-corrected chi connectivity index (χ1v) is 3.18. The monoisotopic (exact) mass is 149 g/mol. The average molecular weight is 149 g/mol.